The first-order valence-electron chi connectivity index (χ1n) is 3.88. The van der Waals surface area contributed by atoms with Gasteiger partial charge in [0.15, 0.2) is 0 Å². The van der Waals surface area contributed by atoms with Gasteiger partial charge in [0.2, 0.25) is 0 Å². The van der Waals surface area contributed by atoms with E-state index < -0.39 is 0 Å². The van der Waals surface area contributed by atoms with Crippen molar-refractivity contribution in [2.24, 2.45) is 5.92 Å². The second-order valence-corrected chi connectivity index (χ2v) is 2.74. The number of allylic oxidation sites excluding steroid dienone is 2. The van der Waals surface area contributed by atoms with Crippen molar-refractivity contribution in [1.29, 1.82) is 0 Å². The second-order valence-electron chi connectivity index (χ2n) is 2.74. The first-order chi connectivity index (χ1) is 4.43. The van der Waals surface area contributed by atoms with Crippen molar-refractivity contribution in [3.8, 4) is 0 Å². The lowest BCUT2D eigenvalue weighted by atomic mass is 9.89. The monoisotopic (exact) mass is 123 g/mol. The maximum absolute atomic E-state index is 2.41. The van der Waals surface area contributed by atoms with Crippen molar-refractivity contribution in [3.63, 3.8) is 0 Å². The summed E-state index contributed by atoms with van der Waals surface area (Å²) in [5.41, 5.74) is 0. The minimum absolute atomic E-state index is 0.865. The number of hydrogen-bond acceptors (Lipinski definition) is 0. The fourth-order valence-corrected chi connectivity index (χ4v) is 1.42. The van der Waals surface area contributed by atoms with Gasteiger partial charge in [-0.25, -0.2) is 0 Å². The summed E-state index contributed by atoms with van der Waals surface area (Å²) < 4.78 is 0. The van der Waals surface area contributed by atoms with Crippen LogP contribution in [0.15, 0.2) is 12.2 Å². The molecule has 1 aliphatic rings. The molecule has 0 bridgehead atoms. The van der Waals surface area contributed by atoms with E-state index >= 15 is 0 Å². The summed E-state index contributed by atoms with van der Waals surface area (Å²) in [4.78, 5) is 0. The van der Waals surface area contributed by atoms with Gasteiger partial charge in [-0.15, -0.1) is 0 Å². The fourth-order valence-electron chi connectivity index (χ4n) is 1.42. The summed E-state index contributed by atoms with van der Waals surface area (Å²) in [6, 6.07) is 0. The zero-order chi connectivity index (χ0) is 6.53. The van der Waals surface area contributed by atoms with E-state index in [0.29, 0.717) is 0 Å². The fraction of sp³-hybridized carbons (Fsp3) is 0.667. The highest BCUT2D eigenvalue weighted by Crippen LogP contribution is 2.23. The van der Waals surface area contributed by atoms with Gasteiger partial charge in [-0.05, 0) is 32.1 Å². The Morgan fingerprint density at radius 2 is 2.44 bits per heavy atom. The Hall–Kier alpha value is -0.260. The molecule has 9 heavy (non-hydrogen) atoms. The van der Waals surface area contributed by atoms with Crippen molar-refractivity contribution in [2.45, 2.75) is 32.6 Å². The largest absolute Gasteiger partial charge is 0.0914 e. The molecule has 1 aliphatic carbocycles. The minimum atomic E-state index is 0.865. The molecule has 1 unspecified atom stereocenters. The molecule has 0 aromatic carbocycles. The normalized spacial score (nSPS) is 23.2. The average Bonchev–Trinajstić information content (AvgIpc) is 1.91. The van der Waals surface area contributed by atoms with E-state index in [4.69, 9.17) is 0 Å². The zero-order valence-electron chi connectivity index (χ0n) is 6.14. The zero-order valence-corrected chi connectivity index (χ0v) is 6.14. The maximum Gasteiger partial charge on any atom is -0.0231 e. The lowest BCUT2D eigenvalue weighted by molar-refractivity contribution is 0.489. The highest BCUT2D eigenvalue weighted by molar-refractivity contribution is 4.91. The average molecular weight is 123 g/mol. The molecule has 1 fully saturated rings. The van der Waals surface area contributed by atoms with Gasteiger partial charge in [-0.3, -0.25) is 0 Å². The molecule has 0 heterocycles. The van der Waals surface area contributed by atoms with E-state index in [1.807, 2.05) is 0 Å². The highest BCUT2D eigenvalue weighted by atomic mass is 14.1. The topological polar surface area (TPSA) is 0 Å². The van der Waals surface area contributed by atoms with Crippen LogP contribution in [0.4, 0.5) is 0 Å². The standard InChI is InChI=1S/C9H15/c1-2-6-9-7-4-3-5-8-9/h2,4,6,9H,3,5,7-8H2,1H3/b6-2-. The lowest BCUT2D eigenvalue weighted by Crippen LogP contribution is -2.02. The molecule has 0 aliphatic heterocycles. The molecule has 1 atom stereocenters. The first-order valence-corrected chi connectivity index (χ1v) is 3.88. The predicted octanol–water partition coefficient (Wildman–Crippen LogP) is 2.96. The molecule has 0 nitrogen and oxygen atoms in total. The van der Waals surface area contributed by atoms with E-state index in [-0.39, 0.29) is 0 Å². The van der Waals surface area contributed by atoms with Crippen LogP contribution in [0, 0.1) is 12.3 Å². The van der Waals surface area contributed by atoms with Gasteiger partial charge in [0.05, 0.1) is 0 Å². The molecular formula is C9H15. The van der Waals surface area contributed by atoms with Gasteiger partial charge in [-0.1, -0.05) is 25.0 Å². The number of rotatable bonds is 1. The summed E-state index contributed by atoms with van der Waals surface area (Å²) in [6.07, 6.45) is 12.4. The van der Waals surface area contributed by atoms with E-state index in [1.54, 1.807) is 0 Å². The van der Waals surface area contributed by atoms with Crippen LogP contribution in [0.5, 0.6) is 0 Å². The van der Waals surface area contributed by atoms with Crippen molar-refractivity contribution < 1.29 is 0 Å². The van der Waals surface area contributed by atoms with Gasteiger partial charge < -0.3 is 0 Å². The van der Waals surface area contributed by atoms with Crippen molar-refractivity contribution in [2.75, 3.05) is 0 Å². The summed E-state index contributed by atoms with van der Waals surface area (Å²) >= 11 is 0. The highest BCUT2D eigenvalue weighted by Gasteiger charge is 2.08. The van der Waals surface area contributed by atoms with Crippen LogP contribution in [-0.4, -0.2) is 0 Å². The minimum Gasteiger partial charge on any atom is -0.0914 e. The third-order valence-corrected chi connectivity index (χ3v) is 1.92. The molecular weight excluding hydrogens is 108 g/mol. The molecule has 0 spiro atoms. The van der Waals surface area contributed by atoms with Crippen LogP contribution >= 0.6 is 0 Å². The molecule has 0 amide bonds. The molecule has 0 N–H and O–H groups in total. The molecule has 0 aromatic heterocycles. The Morgan fingerprint density at radius 1 is 1.56 bits per heavy atom. The molecule has 51 valence electrons. The SMILES string of the molecule is C/C=C\C1C[CH]CCC1. The summed E-state index contributed by atoms with van der Waals surface area (Å²) in [7, 11) is 0. The molecule has 0 saturated heterocycles. The Labute approximate surface area is 58.0 Å². The smallest absolute Gasteiger partial charge is 0.0231 e. The molecule has 0 aromatic rings. The van der Waals surface area contributed by atoms with Gasteiger partial charge in [0.1, 0.15) is 0 Å². The van der Waals surface area contributed by atoms with Crippen LogP contribution in [0.25, 0.3) is 0 Å². The second kappa shape index (κ2) is 3.71. The predicted molar refractivity (Wildman–Crippen MR) is 41.1 cm³/mol. The van der Waals surface area contributed by atoms with Crippen molar-refractivity contribution in [1.82, 2.24) is 0 Å². The maximum atomic E-state index is 2.41. The molecule has 1 saturated carbocycles. The van der Waals surface area contributed by atoms with Crippen LogP contribution < -0.4 is 0 Å². The molecule has 1 radical (unpaired) electrons. The van der Waals surface area contributed by atoms with Gasteiger partial charge in [0, 0.05) is 0 Å². The van der Waals surface area contributed by atoms with Crippen LogP contribution in [0.2, 0.25) is 0 Å². The Balaban J connectivity index is 2.23. The molecule has 0 heteroatoms. The lowest BCUT2D eigenvalue weighted by Gasteiger charge is -2.16. The third kappa shape index (κ3) is 2.21. The Kier molecular flexibility index (Phi) is 2.82. The van der Waals surface area contributed by atoms with E-state index in [2.05, 4.69) is 25.5 Å². The van der Waals surface area contributed by atoms with Gasteiger partial charge in [-0.2, -0.15) is 0 Å². The van der Waals surface area contributed by atoms with Crippen LogP contribution in [0.1, 0.15) is 32.6 Å². The summed E-state index contributed by atoms with van der Waals surface area (Å²) in [6.45, 7) is 2.11. The first kappa shape index (κ1) is 6.85. The Bertz CT molecular complexity index is 86.2. The summed E-state index contributed by atoms with van der Waals surface area (Å²) in [5, 5.41) is 0. The number of hydrogen-bond donors (Lipinski definition) is 0. The van der Waals surface area contributed by atoms with Gasteiger partial charge >= 0.3 is 0 Å². The van der Waals surface area contributed by atoms with Crippen molar-refractivity contribution in [3.05, 3.63) is 18.6 Å². The van der Waals surface area contributed by atoms with E-state index in [0.717, 1.165) is 5.92 Å². The van der Waals surface area contributed by atoms with Crippen LogP contribution in [-0.2, 0) is 0 Å². The van der Waals surface area contributed by atoms with E-state index in [9.17, 15) is 0 Å². The molecule has 1 rings (SSSR count). The summed E-state index contributed by atoms with van der Waals surface area (Å²) in [5.74, 6) is 0.865. The van der Waals surface area contributed by atoms with Crippen molar-refractivity contribution >= 4 is 0 Å². The third-order valence-electron chi connectivity index (χ3n) is 1.92. The quantitative estimate of drug-likeness (QED) is 0.470. The van der Waals surface area contributed by atoms with Gasteiger partial charge in [0.25, 0.3) is 0 Å². The van der Waals surface area contributed by atoms with Crippen LogP contribution in [0.3, 0.4) is 0 Å². The van der Waals surface area contributed by atoms with E-state index in [1.165, 1.54) is 25.7 Å². The Morgan fingerprint density at radius 3 is 3.00 bits per heavy atom.